The summed E-state index contributed by atoms with van der Waals surface area (Å²) in [6.07, 6.45) is 5.11. The van der Waals surface area contributed by atoms with Crippen LogP contribution in [0.2, 0.25) is 0 Å². The summed E-state index contributed by atoms with van der Waals surface area (Å²) in [6, 6.07) is 17.4. The smallest absolute Gasteiger partial charge is 0.270 e. The Morgan fingerprint density at radius 2 is 1.75 bits per heavy atom. The van der Waals surface area contributed by atoms with Crippen molar-refractivity contribution in [2.45, 2.75) is 6.54 Å². The van der Waals surface area contributed by atoms with Crippen molar-refractivity contribution in [1.29, 1.82) is 0 Å². The standard InChI is InChI=1S/C19H18N4O/c1-23(16-5-3-2-4-6-16)17-7-8-18(21-14-17)19(24)22-13-15-9-11-20-12-10-15/h2-12,14H,13H2,1H3,(H,22,24). The van der Waals surface area contributed by atoms with Gasteiger partial charge in [-0.15, -0.1) is 0 Å². The van der Waals surface area contributed by atoms with Crippen LogP contribution >= 0.6 is 0 Å². The fourth-order valence-corrected chi connectivity index (χ4v) is 2.29. The highest BCUT2D eigenvalue weighted by atomic mass is 16.1. The van der Waals surface area contributed by atoms with Crippen molar-refractivity contribution in [1.82, 2.24) is 15.3 Å². The molecule has 2 heterocycles. The number of benzene rings is 1. The predicted octanol–water partition coefficient (Wildman–Crippen LogP) is 3.17. The maximum absolute atomic E-state index is 12.2. The average Bonchev–Trinajstić information content (AvgIpc) is 2.67. The number of pyridine rings is 2. The molecule has 0 aliphatic heterocycles. The first-order chi connectivity index (χ1) is 11.7. The van der Waals surface area contributed by atoms with Crippen molar-refractivity contribution >= 4 is 17.3 Å². The van der Waals surface area contributed by atoms with Crippen LogP contribution in [0.25, 0.3) is 0 Å². The van der Waals surface area contributed by atoms with Crippen LogP contribution in [-0.2, 0) is 6.54 Å². The maximum atomic E-state index is 12.2. The van der Waals surface area contributed by atoms with Crippen LogP contribution in [0.4, 0.5) is 11.4 Å². The second-order valence-electron chi connectivity index (χ2n) is 5.33. The van der Waals surface area contributed by atoms with E-state index in [0.717, 1.165) is 16.9 Å². The number of carbonyl (C=O) groups excluding carboxylic acids is 1. The number of hydrogen-bond acceptors (Lipinski definition) is 4. The Morgan fingerprint density at radius 1 is 1.00 bits per heavy atom. The Kier molecular flexibility index (Phi) is 4.81. The van der Waals surface area contributed by atoms with Gasteiger partial charge in [-0.2, -0.15) is 0 Å². The Morgan fingerprint density at radius 3 is 2.42 bits per heavy atom. The zero-order valence-electron chi connectivity index (χ0n) is 13.4. The van der Waals surface area contributed by atoms with Gasteiger partial charge in [0.2, 0.25) is 0 Å². The largest absolute Gasteiger partial charge is 0.347 e. The highest BCUT2D eigenvalue weighted by Gasteiger charge is 2.09. The highest BCUT2D eigenvalue weighted by Crippen LogP contribution is 2.22. The van der Waals surface area contributed by atoms with Crippen LogP contribution in [-0.4, -0.2) is 22.9 Å². The molecule has 5 heteroatoms. The molecule has 0 bridgehead atoms. The molecule has 120 valence electrons. The molecule has 5 nitrogen and oxygen atoms in total. The van der Waals surface area contributed by atoms with E-state index in [4.69, 9.17) is 0 Å². The number of amides is 1. The van der Waals surface area contributed by atoms with Crippen molar-refractivity contribution in [2.75, 3.05) is 11.9 Å². The van der Waals surface area contributed by atoms with Crippen molar-refractivity contribution in [3.8, 4) is 0 Å². The molecule has 0 aliphatic carbocycles. The van der Waals surface area contributed by atoms with E-state index in [1.54, 1.807) is 24.7 Å². The molecule has 1 aromatic carbocycles. The van der Waals surface area contributed by atoms with Gasteiger partial charge in [0.05, 0.1) is 11.9 Å². The lowest BCUT2D eigenvalue weighted by Gasteiger charge is -2.19. The number of carbonyl (C=O) groups is 1. The van der Waals surface area contributed by atoms with Gasteiger partial charge in [0.25, 0.3) is 5.91 Å². The second kappa shape index (κ2) is 7.37. The van der Waals surface area contributed by atoms with E-state index in [0.29, 0.717) is 12.2 Å². The minimum atomic E-state index is -0.194. The van der Waals surface area contributed by atoms with Gasteiger partial charge in [-0.05, 0) is 42.0 Å². The topological polar surface area (TPSA) is 58.1 Å². The van der Waals surface area contributed by atoms with Crippen LogP contribution in [0.15, 0.2) is 73.2 Å². The third kappa shape index (κ3) is 3.76. The Hall–Kier alpha value is -3.21. The number of para-hydroxylation sites is 1. The molecule has 2 aromatic heterocycles. The summed E-state index contributed by atoms with van der Waals surface area (Å²) in [5, 5.41) is 2.85. The summed E-state index contributed by atoms with van der Waals surface area (Å²) in [7, 11) is 1.97. The average molecular weight is 318 g/mol. The van der Waals surface area contributed by atoms with E-state index in [-0.39, 0.29) is 5.91 Å². The summed E-state index contributed by atoms with van der Waals surface area (Å²) in [4.78, 5) is 22.4. The van der Waals surface area contributed by atoms with Crippen LogP contribution in [0.3, 0.4) is 0 Å². The number of rotatable bonds is 5. The molecule has 0 spiro atoms. The molecule has 3 rings (SSSR count). The van der Waals surface area contributed by atoms with Gasteiger partial charge in [0.15, 0.2) is 0 Å². The SMILES string of the molecule is CN(c1ccccc1)c1ccc(C(=O)NCc2ccncc2)nc1. The van der Waals surface area contributed by atoms with Crippen molar-refractivity contribution < 1.29 is 4.79 Å². The lowest BCUT2D eigenvalue weighted by atomic mass is 10.2. The summed E-state index contributed by atoms with van der Waals surface area (Å²) in [5.74, 6) is -0.194. The molecule has 3 aromatic rings. The summed E-state index contributed by atoms with van der Waals surface area (Å²) < 4.78 is 0. The fraction of sp³-hybridized carbons (Fsp3) is 0.105. The minimum absolute atomic E-state index is 0.194. The monoisotopic (exact) mass is 318 g/mol. The molecule has 0 saturated carbocycles. The Balaban J connectivity index is 1.64. The van der Waals surface area contributed by atoms with E-state index >= 15 is 0 Å². The molecule has 0 atom stereocenters. The van der Waals surface area contributed by atoms with Gasteiger partial charge in [0, 0.05) is 31.7 Å². The van der Waals surface area contributed by atoms with Crippen LogP contribution in [0.1, 0.15) is 16.1 Å². The Bertz CT molecular complexity index is 789. The lowest BCUT2D eigenvalue weighted by Crippen LogP contribution is -2.24. The van der Waals surface area contributed by atoms with Gasteiger partial charge in [-0.3, -0.25) is 9.78 Å². The zero-order valence-corrected chi connectivity index (χ0v) is 13.4. The first-order valence-corrected chi connectivity index (χ1v) is 7.66. The van der Waals surface area contributed by atoms with Crippen molar-refractivity contribution in [3.05, 3.63) is 84.4 Å². The van der Waals surface area contributed by atoms with E-state index in [1.807, 2.05) is 60.5 Å². The molecule has 0 unspecified atom stereocenters. The number of aromatic nitrogens is 2. The number of hydrogen-bond donors (Lipinski definition) is 1. The summed E-state index contributed by atoms with van der Waals surface area (Å²) in [6.45, 7) is 0.453. The van der Waals surface area contributed by atoms with E-state index in [1.165, 1.54) is 0 Å². The summed E-state index contributed by atoms with van der Waals surface area (Å²) in [5.41, 5.74) is 3.38. The van der Waals surface area contributed by atoms with Crippen molar-refractivity contribution in [2.24, 2.45) is 0 Å². The van der Waals surface area contributed by atoms with Gasteiger partial charge >= 0.3 is 0 Å². The first-order valence-electron chi connectivity index (χ1n) is 7.66. The van der Waals surface area contributed by atoms with Crippen LogP contribution < -0.4 is 10.2 Å². The predicted molar refractivity (Wildman–Crippen MR) is 94.1 cm³/mol. The Labute approximate surface area is 141 Å². The van der Waals surface area contributed by atoms with E-state index < -0.39 is 0 Å². The second-order valence-corrected chi connectivity index (χ2v) is 5.33. The molecular weight excluding hydrogens is 300 g/mol. The number of anilines is 2. The van der Waals surface area contributed by atoms with Crippen LogP contribution in [0.5, 0.6) is 0 Å². The number of nitrogens with one attached hydrogen (secondary N) is 1. The maximum Gasteiger partial charge on any atom is 0.270 e. The van der Waals surface area contributed by atoms with Gasteiger partial charge in [-0.1, -0.05) is 18.2 Å². The van der Waals surface area contributed by atoms with Gasteiger partial charge in [0.1, 0.15) is 5.69 Å². The van der Waals surface area contributed by atoms with Gasteiger partial charge < -0.3 is 10.2 Å². The number of nitrogens with zero attached hydrogens (tertiary/aromatic N) is 3. The molecule has 1 amide bonds. The third-order valence-electron chi connectivity index (χ3n) is 3.71. The molecule has 1 N–H and O–H groups in total. The van der Waals surface area contributed by atoms with Crippen LogP contribution in [0, 0.1) is 0 Å². The van der Waals surface area contributed by atoms with E-state index in [9.17, 15) is 4.79 Å². The fourth-order valence-electron chi connectivity index (χ4n) is 2.29. The molecule has 0 aliphatic rings. The van der Waals surface area contributed by atoms with E-state index in [2.05, 4.69) is 15.3 Å². The lowest BCUT2D eigenvalue weighted by molar-refractivity contribution is 0.0946. The third-order valence-corrected chi connectivity index (χ3v) is 3.71. The summed E-state index contributed by atoms with van der Waals surface area (Å²) >= 11 is 0. The molecule has 0 saturated heterocycles. The van der Waals surface area contributed by atoms with Crippen molar-refractivity contribution in [3.63, 3.8) is 0 Å². The zero-order chi connectivity index (χ0) is 16.8. The quantitative estimate of drug-likeness (QED) is 0.785. The first kappa shape index (κ1) is 15.7. The molecule has 0 fully saturated rings. The highest BCUT2D eigenvalue weighted by molar-refractivity contribution is 5.92. The van der Waals surface area contributed by atoms with Gasteiger partial charge in [-0.25, -0.2) is 4.98 Å². The molecule has 0 radical (unpaired) electrons. The molecule has 24 heavy (non-hydrogen) atoms. The molecular formula is C19H18N4O. The minimum Gasteiger partial charge on any atom is -0.347 e. The normalized spacial score (nSPS) is 10.2.